The van der Waals surface area contributed by atoms with Crippen LogP contribution in [0.3, 0.4) is 0 Å². The molecule has 1 heterocycles. The molecule has 0 unspecified atom stereocenters. The van der Waals surface area contributed by atoms with E-state index < -0.39 is 12.1 Å². The van der Waals surface area contributed by atoms with Gasteiger partial charge in [0.15, 0.2) is 0 Å². The summed E-state index contributed by atoms with van der Waals surface area (Å²) in [6, 6.07) is 9.89. The van der Waals surface area contributed by atoms with E-state index in [2.05, 4.69) is 10.6 Å². The minimum absolute atomic E-state index is 0.0449. The number of nitrogens with one attached hydrogen (secondary N) is 2. The van der Waals surface area contributed by atoms with Crippen LogP contribution in [0, 0.1) is 6.92 Å². The van der Waals surface area contributed by atoms with Crippen molar-refractivity contribution in [2.75, 3.05) is 11.9 Å². The summed E-state index contributed by atoms with van der Waals surface area (Å²) in [6.07, 6.45) is -0.888. The molecule has 20 heavy (non-hydrogen) atoms. The predicted molar refractivity (Wildman–Crippen MR) is 76.9 cm³/mol. The first-order valence-electron chi connectivity index (χ1n) is 6.10. The number of halogens is 1. The van der Waals surface area contributed by atoms with E-state index in [-0.39, 0.29) is 6.54 Å². The maximum Gasteiger partial charge on any atom is 0.319 e. The molecule has 0 aliphatic heterocycles. The summed E-state index contributed by atoms with van der Waals surface area (Å²) in [6.45, 7) is 1.83. The molecule has 0 aliphatic carbocycles. The normalized spacial score (nSPS) is 11.9. The van der Waals surface area contributed by atoms with Crippen LogP contribution in [0.15, 0.2) is 40.8 Å². The molecule has 0 radical (unpaired) electrons. The van der Waals surface area contributed by atoms with Gasteiger partial charge >= 0.3 is 6.03 Å². The van der Waals surface area contributed by atoms with E-state index in [1.165, 1.54) is 0 Å². The number of urea groups is 1. The van der Waals surface area contributed by atoms with Gasteiger partial charge in [-0.05, 0) is 31.2 Å². The van der Waals surface area contributed by atoms with E-state index in [9.17, 15) is 9.90 Å². The molecule has 2 rings (SSSR count). The van der Waals surface area contributed by atoms with Crippen LogP contribution in [0.5, 0.6) is 0 Å². The van der Waals surface area contributed by atoms with Crippen LogP contribution in [0.4, 0.5) is 10.5 Å². The fraction of sp³-hybridized carbons (Fsp3) is 0.214. The van der Waals surface area contributed by atoms with Crippen molar-refractivity contribution < 1.29 is 14.3 Å². The molecule has 106 valence electrons. The second-order valence-electron chi connectivity index (χ2n) is 4.28. The van der Waals surface area contributed by atoms with Crippen molar-refractivity contribution >= 4 is 23.3 Å². The standard InChI is InChI=1S/C14H15ClN2O3/c1-9-6-7-13(20-9)12(18)8-16-14(19)17-11-5-3-2-4-10(11)15/h2-7,12,18H,8H2,1H3,(H2,16,17,19)/t12-/m1/s1. The Bertz CT molecular complexity index is 598. The van der Waals surface area contributed by atoms with E-state index >= 15 is 0 Å². The maximum atomic E-state index is 11.7. The van der Waals surface area contributed by atoms with Gasteiger partial charge in [-0.25, -0.2) is 4.79 Å². The van der Waals surface area contributed by atoms with E-state index in [0.29, 0.717) is 22.2 Å². The van der Waals surface area contributed by atoms with Crippen molar-refractivity contribution in [3.8, 4) is 0 Å². The molecule has 0 saturated heterocycles. The largest absolute Gasteiger partial charge is 0.464 e. The summed E-state index contributed by atoms with van der Waals surface area (Å²) in [5.74, 6) is 1.13. The summed E-state index contributed by atoms with van der Waals surface area (Å²) in [7, 11) is 0. The van der Waals surface area contributed by atoms with Gasteiger partial charge in [-0.2, -0.15) is 0 Å². The Balaban J connectivity index is 1.85. The van der Waals surface area contributed by atoms with Crippen LogP contribution in [0.1, 0.15) is 17.6 Å². The molecule has 0 bridgehead atoms. The zero-order valence-electron chi connectivity index (χ0n) is 10.9. The van der Waals surface area contributed by atoms with Crippen LogP contribution < -0.4 is 10.6 Å². The van der Waals surface area contributed by atoms with Crippen LogP contribution in [-0.2, 0) is 0 Å². The Hall–Kier alpha value is -1.98. The number of para-hydroxylation sites is 1. The summed E-state index contributed by atoms with van der Waals surface area (Å²) in [4.78, 5) is 11.7. The number of hydrogen-bond donors (Lipinski definition) is 3. The lowest BCUT2D eigenvalue weighted by Crippen LogP contribution is -2.32. The predicted octanol–water partition coefficient (Wildman–Crippen LogP) is 3.10. The molecule has 5 nitrogen and oxygen atoms in total. The van der Waals surface area contributed by atoms with Crippen molar-refractivity contribution in [1.29, 1.82) is 0 Å². The highest BCUT2D eigenvalue weighted by molar-refractivity contribution is 6.33. The smallest absolute Gasteiger partial charge is 0.319 e. The number of rotatable bonds is 4. The Morgan fingerprint density at radius 2 is 2.10 bits per heavy atom. The van der Waals surface area contributed by atoms with Gasteiger partial charge in [-0.3, -0.25) is 0 Å². The van der Waals surface area contributed by atoms with Crippen molar-refractivity contribution in [1.82, 2.24) is 5.32 Å². The van der Waals surface area contributed by atoms with Gasteiger partial charge in [0.25, 0.3) is 0 Å². The zero-order chi connectivity index (χ0) is 14.5. The molecule has 0 aliphatic rings. The Labute approximate surface area is 121 Å². The van der Waals surface area contributed by atoms with E-state index in [1.54, 1.807) is 43.3 Å². The fourth-order valence-corrected chi connectivity index (χ4v) is 1.83. The monoisotopic (exact) mass is 294 g/mol. The summed E-state index contributed by atoms with van der Waals surface area (Å²) in [5.41, 5.74) is 0.509. The molecular formula is C14H15ClN2O3. The Morgan fingerprint density at radius 1 is 1.35 bits per heavy atom. The van der Waals surface area contributed by atoms with Crippen molar-refractivity contribution in [2.24, 2.45) is 0 Å². The first kappa shape index (κ1) is 14.4. The molecule has 2 aromatic rings. The zero-order valence-corrected chi connectivity index (χ0v) is 11.6. The number of carbonyl (C=O) groups is 1. The number of hydrogen-bond acceptors (Lipinski definition) is 3. The van der Waals surface area contributed by atoms with Gasteiger partial charge in [-0.1, -0.05) is 23.7 Å². The van der Waals surface area contributed by atoms with Crippen LogP contribution in [-0.4, -0.2) is 17.7 Å². The van der Waals surface area contributed by atoms with Gasteiger partial charge in [-0.15, -0.1) is 0 Å². The molecule has 2 amide bonds. The Kier molecular flexibility index (Phi) is 4.65. The number of amides is 2. The van der Waals surface area contributed by atoms with Gasteiger partial charge < -0.3 is 20.2 Å². The summed E-state index contributed by atoms with van der Waals surface area (Å²) >= 11 is 5.92. The third kappa shape index (κ3) is 3.76. The molecule has 6 heteroatoms. The van der Waals surface area contributed by atoms with E-state index in [4.69, 9.17) is 16.0 Å². The highest BCUT2D eigenvalue weighted by atomic mass is 35.5. The molecule has 0 spiro atoms. The third-order valence-corrected chi connectivity index (χ3v) is 3.00. The number of benzene rings is 1. The summed E-state index contributed by atoms with van der Waals surface area (Å²) < 4.78 is 5.27. The SMILES string of the molecule is Cc1ccc([C@H](O)CNC(=O)Nc2ccccc2Cl)o1. The number of aryl methyl sites for hydroxylation is 1. The van der Waals surface area contributed by atoms with Gasteiger partial charge in [0.2, 0.25) is 0 Å². The second-order valence-corrected chi connectivity index (χ2v) is 4.69. The minimum atomic E-state index is -0.888. The number of furan rings is 1. The number of carbonyl (C=O) groups excluding carboxylic acids is 1. The maximum absolute atomic E-state index is 11.7. The average Bonchev–Trinajstić information content (AvgIpc) is 2.85. The topological polar surface area (TPSA) is 74.5 Å². The number of anilines is 1. The van der Waals surface area contributed by atoms with Crippen molar-refractivity contribution in [3.63, 3.8) is 0 Å². The molecule has 1 aromatic carbocycles. The Morgan fingerprint density at radius 3 is 2.75 bits per heavy atom. The van der Waals surface area contributed by atoms with Crippen LogP contribution in [0.2, 0.25) is 5.02 Å². The van der Waals surface area contributed by atoms with Crippen molar-refractivity contribution in [2.45, 2.75) is 13.0 Å². The van der Waals surface area contributed by atoms with Crippen molar-refractivity contribution in [3.05, 3.63) is 52.9 Å². The summed E-state index contributed by atoms with van der Waals surface area (Å²) in [5, 5.41) is 15.4. The van der Waals surface area contributed by atoms with Gasteiger partial charge in [0, 0.05) is 0 Å². The molecule has 1 atom stereocenters. The van der Waals surface area contributed by atoms with Gasteiger partial charge in [0.05, 0.1) is 17.3 Å². The highest BCUT2D eigenvalue weighted by Gasteiger charge is 2.13. The van der Waals surface area contributed by atoms with E-state index in [0.717, 1.165) is 0 Å². The van der Waals surface area contributed by atoms with Crippen LogP contribution in [0.25, 0.3) is 0 Å². The average molecular weight is 295 g/mol. The first-order valence-corrected chi connectivity index (χ1v) is 6.48. The molecule has 0 saturated carbocycles. The second kappa shape index (κ2) is 6.45. The fourth-order valence-electron chi connectivity index (χ4n) is 1.65. The number of aliphatic hydroxyl groups is 1. The lowest BCUT2D eigenvalue weighted by Gasteiger charge is -2.11. The van der Waals surface area contributed by atoms with Gasteiger partial charge in [0.1, 0.15) is 17.6 Å². The highest BCUT2D eigenvalue weighted by Crippen LogP contribution is 2.20. The first-order chi connectivity index (χ1) is 9.56. The lowest BCUT2D eigenvalue weighted by atomic mass is 10.3. The minimum Gasteiger partial charge on any atom is -0.464 e. The lowest BCUT2D eigenvalue weighted by molar-refractivity contribution is 0.148. The third-order valence-electron chi connectivity index (χ3n) is 2.67. The van der Waals surface area contributed by atoms with E-state index in [1.807, 2.05) is 0 Å². The molecule has 3 N–H and O–H groups in total. The van der Waals surface area contributed by atoms with Crippen LogP contribution >= 0.6 is 11.6 Å². The quantitative estimate of drug-likeness (QED) is 0.811. The number of aliphatic hydroxyl groups excluding tert-OH is 1. The molecular weight excluding hydrogens is 280 g/mol. The molecule has 0 fully saturated rings. The molecule has 1 aromatic heterocycles.